The number of H-pyrrole nitrogens is 1. The smallest absolute Gasteiger partial charge is 0.266 e. The first-order valence-corrected chi connectivity index (χ1v) is 3.68. The van der Waals surface area contributed by atoms with Crippen LogP contribution < -0.4 is 17.0 Å². The van der Waals surface area contributed by atoms with Crippen molar-refractivity contribution in [2.24, 2.45) is 5.73 Å². The first kappa shape index (κ1) is 8.22. The van der Waals surface area contributed by atoms with Gasteiger partial charge in [0.15, 0.2) is 0 Å². The molecule has 0 atom stereocenters. The number of hydrogen-bond acceptors (Lipinski definition) is 4. The Bertz CT molecular complexity index is 321. The van der Waals surface area contributed by atoms with Gasteiger partial charge in [-0.1, -0.05) is 0 Å². The van der Waals surface area contributed by atoms with Gasteiger partial charge in [-0.2, -0.15) is 0 Å². The topological polar surface area (TPSA) is 97.8 Å². The lowest BCUT2D eigenvalue weighted by Gasteiger charge is -1.99. The number of nitrogen functional groups attached to an aromatic ring is 1. The molecule has 0 radical (unpaired) electrons. The number of nitrogens with one attached hydrogen (secondary N) is 1. The van der Waals surface area contributed by atoms with E-state index in [9.17, 15) is 4.79 Å². The Hall–Kier alpha value is -0.880. The molecule has 5 nitrogen and oxygen atoms in total. The first-order chi connectivity index (χ1) is 5.15. The second-order valence-electron chi connectivity index (χ2n) is 1.92. The summed E-state index contributed by atoms with van der Waals surface area (Å²) in [5.41, 5.74) is 10.7. The fourth-order valence-electron chi connectivity index (χ4n) is 0.660. The molecular weight excluding hydrogens is 212 g/mol. The fraction of sp³-hybridized carbons (Fsp3) is 0.200. The predicted octanol–water partition coefficient (Wildman–Crippen LogP) is -0.427. The number of aromatic nitrogens is 2. The summed E-state index contributed by atoms with van der Waals surface area (Å²) >= 11 is 3.03. The predicted molar refractivity (Wildman–Crippen MR) is 44.9 cm³/mol. The summed E-state index contributed by atoms with van der Waals surface area (Å²) in [6.07, 6.45) is 0. The summed E-state index contributed by atoms with van der Waals surface area (Å²) in [6.45, 7) is 0.189. The van der Waals surface area contributed by atoms with Crippen LogP contribution in [0.5, 0.6) is 0 Å². The highest BCUT2D eigenvalue weighted by atomic mass is 79.9. The van der Waals surface area contributed by atoms with Crippen molar-refractivity contribution in [3.63, 3.8) is 0 Å². The number of rotatable bonds is 1. The van der Waals surface area contributed by atoms with E-state index in [1.807, 2.05) is 0 Å². The molecule has 0 saturated heterocycles. The van der Waals surface area contributed by atoms with Crippen molar-refractivity contribution >= 4 is 21.9 Å². The van der Waals surface area contributed by atoms with E-state index in [4.69, 9.17) is 11.5 Å². The first-order valence-electron chi connectivity index (χ1n) is 2.89. The zero-order valence-electron chi connectivity index (χ0n) is 5.60. The van der Waals surface area contributed by atoms with Gasteiger partial charge in [0.05, 0.1) is 5.69 Å². The summed E-state index contributed by atoms with van der Waals surface area (Å²) in [5.74, 6) is 0.0821. The minimum absolute atomic E-state index is 0.0821. The van der Waals surface area contributed by atoms with Crippen molar-refractivity contribution in [1.82, 2.24) is 9.97 Å². The summed E-state index contributed by atoms with van der Waals surface area (Å²) in [6, 6.07) is 0. The number of nitrogens with zero attached hydrogens (tertiary/aromatic N) is 1. The number of nitrogens with two attached hydrogens (primary N) is 2. The van der Waals surface area contributed by atoms with Gasteiger partial charge in [0.1, 0.15) is 4.47 Å². The van der Waals surface area contributed by atoms with Gasteiger partial charge < -0.3 is 11.5 Å². The molecule has 0 saturated carbocycles. The lowest BCUT2D eigenvalue weighted by atomic mass is 10.4. The van der Waals surface area contributed by atoms with Gasteiger partial charge in [0.25, 0.3) is 5.56 Å². The van der Waals surface area contributed by atoms with Gasteiger partial charge in [-0.3, -0.25) is 9.78 Å². The summed E-state index contributed by atoms with van der Waals surface area (Å²) in [7, 11) is 0. The number of hydrogen-bond donors (Lipinski definition) is 3. The van der Waals surface area contributed by atoms with Crippen LogP contribution in [0.3, 0.4) is 0 Å². The Morgan fingerprint density at radius 2 is 2.27 bits per heavy atom. The second kappa shape index (κ2) is 3.02. The van der Waals surface area contributed by atoms with E-state index in [-0.39, 0.29) is 18.1 Å². The molecule has 0 fully saturated rings. The lowest BCUT2D eigenvalue weighted by molar-refractivity contribution is 0.944. The molecule has 0 aromatic carbocycles. The molecule has 1 heterocycles. The third-order valence-corrected chi connectivity index (χ3v) is 1.96. The Balaban J connectivity index is 3.36. The minimum Gasteiger partial charge on any atom is -0.369 e. The number of halogens is 1. The molecule has 11 heavy (non-hydrogen) atoms. The molecule has 60 valence electrons. The average molecular weight is 219 g/mol. The van der Waals surface area contributed by atoms with Crippen LogP contribution in [-0.4, -0.2) is 9.97 Å². The molecule has 1 rings (SSSR count). The standard InChI is InChI=1S/C5H7BrN4O/c6-3-2(1-7)9-5(8)10-4(3)11/h1,7H2,(H3,8,9,10,11). The van der Waals surface area contributed by atoms with Crippen LogP contribution in [0.4, 0.5) is 5.95 Å². The molecule has 0 unspecified atom stereocenters. The molecule has 0 aliphatic rings. The third-order valence-electron chi connectivity index (χ3n) is 1.14. The molecule has 0 bridgehead atoms. The zero-order valence-corrected chi connectivity index (χ0v) is 7.18. The van der Waals surface area contributed by atoms with Crippen molar-refractivity contribution in [3.8, 4) is 0 Å². The maximum atomic E-state index is 10.9. The summed E-state index contributed by atoms with van der Waals surface area (Å²) in [5, 5.41) is 0. The fourth-order valence-corrected chi connectivity index (χ4v) is 1.01. The summed E-state index contributed by atoms with van der Waals surface area (Å²) < 4.78 is 0.342. The molecular formula is C5H7BrN4O. The quantitative estimate of drug-likeness (QED) is 0.597. The zero-order chi connectivity index (χ0) is 8.43. The molecule has 0 aliphatic carbocycles. The average Bonchev–Trinajstić information content (AvgIpc) is 1.96. The highest BCUT2D eigenvalue weighted by Crippen LogP contribution is 2.07. The van der Waals surface area contributed by atoms with Gasteiger partial charge in [-0.15, -0.1) is 0 Å². The normalized spacial score (nSPS) is 10.0. The maximum absolute atomic E-state index is 10.9. The highest BCUT2D eigenvalue weighted by Gasteiger charge is 2.04. The van der Waals surface area contributed by atoms with Crippen molar-refractivity contribution in [2.45, 2.75) is 6.54 Å². The van der Waals surface area contributed by atoms with Gasteiger partial charge in [0, 0.05) is 6.54 Å². The molecule has 5 N–H and O–H groups in total. The van der Waals surface area contributed by atoms with Crippen LogP contribution >= 0.6 is 15.9 Å². The van der Waals surface area contributed by atoms with E-state index in [1.165, 1.54) is 0 Å². The van der Waals surface area contributed by atoms with Crippen LogP contribution in [0, 0.1) is 0 Å². The van der Waals surface area contributed by atoms with Crippen molar-refractivity contribution in [1.29, 1.82) is 0 Å². The Labute approximate surface area is 70.9 Å². The van der Waals surface area contributed by atoms with Crippen molar-refractivity contribution in [2.75, 3.05) is 5.73 Å². The molecule has 6 heteroatoms. The van der Waals surface area contributed by atoms with Crippen molar-refractivity contribution in [3.05, 3.63) is 20.5 Å². The molecule has 0 spiro atoms. The second-order valence-corrected chi connectivity index (χ2v) is 2.71. The largest absolute Gasteiger partial charge is 0.369 e. The van der Waals surface area contributed by atoms with E-state index in [1.54, 1.807) is 0 Å². The SMILES string of the molecule is NCc1nc(N)[nH]c(=O)c1Br. The van der Waals surface area contributed by atoms with E-state index in [0.29, 0.717) is 10.2 Å². The monoisotopic (exact) mass is 218 g/mol. The van der Waals surface area contributed by atoms with Crippen molar-refractivity contribution < 1.29 is 0 Å². The minimum atomic E-state index is -0.307. The number of aromatic amines is 1. The number of anilines is 1. The van der Waals surface area contributed by atoms with E-state index >= 15 is 0 Å². The van der Waals surface area contributed by atoms with Gasteiger partial charge in [-0.25, -0.2) is 4.98 Å². The maximum Gasteiger partial charge on any atom is 0.266 e. The van der Waals surface area contributed by atoms with Gasteiger partial charge >= 0.3 is 0 Å². The van der Waals surface area contributed by atoms with Gasteiger partial charge in [0.2, 0.25) is 5.95 Å². The highest BCUT2D eigenvalue weighted by molar-refractivity contribution is 9.10. The Kier molecular flexibility index (Phi) is 2.25. The molecule has 0 aliphatic heterocycles. The Morgan fingerprint density at radius 1 is 1.64 bits per heavy atom. The van der Waals surface area contributed by atoms with Crippen LogP contribution in [0.15, 0.2) is 9.27 Å². The van der Waals surface area contributed by atoms with Crippen LogP contribution in [0.2, 0.25) is 0 Å². The van der Waals surface area contributed by atoms with Crippen LogP contribution in [0.1, 0.15) is 5.69 Å². The van der Waals surface area contributed by atoms with Crippen LogP contribution in [-0.2, 0) is 6.54 Å². The van der Waals surface area contributed by atoms with E-state index < -0.39 is 0 Å². The van der Waals surface area contributed by atoms with Gasteiger partial charge in [-0.05, 0) is 15.9 Å². The van der Waals surface area contributed by atoms with E-state index in [2.05, 4.69) is 25.9 Å². The lowest BCUT2D eigenvalue weighted by Crippen LogP contribution is -2.16. The third kappa shape index (κ3) is 1.58. The Morgan fingerprint density at radius 3 is 2.82 bits per heavy atom. The molecule has 1 aromatic heterocycles. The molecule has 0 amide bonds. The molecule has 1 aromatic rings. The summed E-state index contributed by atoms with van der Waals surface area (Å²) in [4.78, 5) is 17.1. The van der Waals surface area contributed by atoms with E-state index in [0.717, 1.165) is 0 Å². The van der Waals surface area contributed by atoms with Crippen LogP contribution in [0.25, 0.3) is 0 Å².